The van der Waals surface area contributed by atoms with Crippen LogP contribution in [0.3, 0.4) is 0 Å². The van der Waals surface area contributed by atoms with Crippen molar-refractivity contribution in [2.75, 3.05) is 65.8 Å². The normalized spacial score (nSPS) is 10.8. The molecule has 0 aliphatic rings. The van der Waals surface area contributed by atoms with E-state index in [0.29, 0.717) is 39.6 Å². The Hall–Kier alpha value is -0.400. The Morgan fingerprint density at radius 1 is 0.727 bits per heavy atom. The molecule has 0 radical (unpaired) electrons. The highest BCUT2D eigenvalue weighted by atomic mass is 35.5. The molecule has 0 spiro atoms. The van der Waals surface area contributed by atoms with Crippen LogP contribution in [0.25, 0.3) is 0 Å². The fraction of sp³-hybridized carbons (Fsp3) is 0.933. The number of unbranched alkanes of at least 4 members (excludes halogenated alkanes) is 3. The number of alkyl halides is 1. The van der Waals surface area contributed by atoms with Gasteiger partial charge in [-0.25, -0.2) is 4.79 Å². The molecule has 0 aliphatic carbocycles. The van der Waals surface area contributed by atoms with Gasteiger partial charge < -0.3 is 23.7 Å². The number of ether oxygens (including phenoxy) is 5. The molecular weight excluding hydrogens is 312 g/mol. The first-order valence-electron chi connectivity index (χ1n) is 7.75. The predicted octanol–water partition coefficient (Wildman–Crippen LogP) is 2.02. The van der Waals surface area contributed by atoms with Crippen molar-refractivity contribution in [3.05, 3.63) is 0 Å². The van der Waals surface area contributed by atoms with E-state index in [1.54, 1.807) is 0 Å². The van der Waals surface area contributed by atoms with Crippen LogP contribution in [0.1, 0.15) is 25.7 Å². The number of rotatable bonds is 17. The molecule has 132 valence electrons. The zero-order valence-electron chi connectivity index (χ0n) is 13.5. The maximum absolute atomic E-state index is 10.7. The van der Waals surface area contributed by atoms with Gasteiger partial charge in [-0.2, -0.15) is 0 Å². The Bertz CT molecular complexity index is 240. The van der Waals surface area contributed by atoms with Gasteiger partial charge in [0.25, 0.3) is 0 Å². The highest BCUT2D eigenvalue weighted by molar-refractivity contribution is 6.17. The fourth-order valence-corrected chi connectivity index (χ4v) is 1.72. The molecule has 22 heavy (non-hydrogen) atoms. The molecule has 0 aromatic heterocycles. The topological polar surface area (TPSA) is 63.2 Å². The molecule has 0 fully saturated rings. The van der Waals surface area contributed by atoms with Gasteiger partial charge in [0.1, 0.15) is 6.61 Å². The van der Waals surface area contributed by atoms with Crippen molar-refractivity contribution in [2.24, 2.45) is 0 Å². The smallest absolute Gasteiger partial charge is 0.331 e. The number of esters is 1. The van der Waals surface area contributed by atoms with Gasteiger partial charge in [0.05, 0.1) is 46.8 Å². The lowest BCUT2D eigenvalue weighted by Crippen LogP contribution is -2.15. The molecule has 0 aliphatic heterocycles. The van der Waals surface area contributed by atoms with Gasteiger partial charge in [0.15, 0.2) is 0 Å². The second kappa shape index (κ2) is 18.6. The summed E-state index contributed by atoms with van der Waals surface area (Å²) in [4.78, 5) is 10.7. The van der Waals surface area contributed by atoms with Crippen molar-refractivity contribution in [1.29, 1.82) is 0 Å². The van der Waals surface area contributed by atoms with E-state index in [4.69, 9.17) is 30.5 Å². The molecule has 0 unspecified atom stereocenters. The van der Waals surface area contributed by atoms with Gasteiger partial charge in [-0.3, -0.25) is 0 Å². The van der Waals surface area contributed by atoms with Crippen molar-refractivity contribution < 1.29 is 28.5 Å². The lowest BCUT2D eigenvalue weighted by molar-refractivity contribution is -0.146. The van der Waals surface area contributed by atoms with Crippen LogP contribution in [0.4, 0.5) is 0 Å². The van der Waals surface area contributed by atoms with Crippen LogP contribution in [0.2, 0.25) is 0 Å². The molecule has 0 aromatic rings. The minimum absolute atomic E-state index is 0.0421. The molecule has 7 heteroatoms. The number of methoxy groups -OCH3 is 1. The number of carbonyl (C=O) groups excluding carboxylic acids is 1. The van der Waals surface area contributed by atoms with Crippen molar-refractivity contribution >= 4 is 17.6 Å². The van der Waals surface area contributed by atoms with Crippen LogP contribution in [0, 0.1) is 0 Å². The Morgan fingerprint density at radius 3 is 1.77 bits per heavy atom. The summed E-state index contributed by atoms with van der Waals surface area (Å²) in [5.74, 6) is 0.358. The number of halogens is 1. The van der Waals surface area contributed by atoms with Crippen molar-refractivity contribution in [3.8, 4) is 0 Å². The maximum atomic E-state index is 10.7. The van der Waals surface area contributed by atoms with E-state index < -0.39 is 0 Å². The van der Waals surface area contributed by atoms with E-state index in [1.165, 1.54) is 20.0 Å². The zero-order chi connectivity index (χ0) is 16.3. The van der Waals surface area contributed by atoms with Crippen LogP contribution < -0.4 is 0 Å². The first-order valence-corrected chi connectivity index (χ1v) is 8.28. The highest BCUT2D eigenvalue weighted by Crippen LogP contribution is 2.00. The van der Waals surface area contributed by atoms with Gasteiger partial charge in [-0.05, 0) is 12.8 Å². The fourth-order valence-electron chi connectivity index (χ4n) is 1.53. The SMILES string of the molecule is COC(=O)COCCOCCOCCOCCCCCCCl. The van der Waals surface area contributed by atoms with E-state index in [9.17, 15) is 4.79 Å². The zero-order valence-corrected chi connectivity index (χ0v) is 14.3. The van der Waals surface area contributed by atoms with E-state index in [2.05, 4.69) is 4.74 Å². The van der Waals surface area contributed by atoms with Crippen molar-refractivity contribution in [2.45, 2.75) is 25.7 Å². The number of hydrogen-bond acceptors (Lipinski definition) is 6. The molecule has 0 saturated carbocycles. The Labute approximate surface area is 138 Å². The summed E-state index contributed by atoms with van der Waals surface area (Å²) in [6.45, 7) is 3.73. The third kappa shape index (κ3) is 17.7. The Balaban J connectivity index is 2.98. The minimum Gasteiger partial charge on any atom is -0.467 e. The molecule has 0 bridgehead atoms. The summed E-state index contributed by atoms with van der Waals surface area (Å²) in [6, 6.07) is 0. The molecule has 6 nitrogen and oxygen atoms in total. The van der Waals surface area contributed by atoms with Gasteiger partial charge >= 0.3 is 5.97 Å². The van der Waals surface area contributed by atoms with Gasteiger partial charge in [-0.15, -0.1) is 11.6 Å². The van der Waals surface area contributed by atoms with Gasteiger partial charge in [0.2, 0.25) is 0 Å². The molecular formula is C15H29ClO6. The summed E-state index contributed by atoms with van der Waals surface area (Å²) in [5, 5.41) is 0. The summed E-state index contributed by atoms with van der Waals surface area (Å²) >= 11 is 5.59. The lowest BCUT2D eigenvalue weighted by atomic mass is 10.2. The second-order valence-corrected chi connectivity index (χ2v) is 4.95. The molecule has 0 saturated heterocycles. The molecule has 0 heterocycles. The van der Waals surface area contributed by atoms with E-state index in [0.717, 1.165) is 25.3 Å². The van der Waals surface area contributed by atoms with Crippen LogP contribution in [-0.4, -0.2) is 71.8 Å². The third-order valence-corrected chi connectivity index (χ3v) is 3.00. The second-order valence-electron chi connectivity index (χ2n) is 4.57. The van der Waals surface area contributed by atoms with E-state index in [1.807, 2.05) is 0 Å². The molecule has 0 amide bonds. The molecule has 0 atom stereocenters. The monoisotopic (exact) mass is 340 g/mol. The highest BCUT2D eigenvalue weighted by Gasteiger charge is 1.98. The summed E-state index contributed by atoms with van der Waals surface area (Å²) in [6.07, 6.45) is 4.49. The van der Waals surface area contributed by atoms with Gasteiger partial charge in [0, 0.05) is 12.5 Å². The van der Waals surface area contributed by atoms with Crippen molar-refractivity contribution in [1.82, 2.24) is 0 Å². The van der Waals surface area contributed by atoms with Crippen LogP contribution in [0.15, 0.2) is 0 Å². The summed E-state index contributed by atoms with van der Waals surface area (Å²) in [7, 11) is 1.32. The van der Waals surface area contributed by atoms with Crippen LogP contribution in [-0.2, 0) is 28.5 Å². The standard InChI is InChI=1S/C15H29ClO6/c1-18-15(17)14-22-13-12-21-11-10-20-9-8-19-7-5-3-2-4-6-16/h2-14H2,1H3. The Kier molecular flexibility index (Phi) is 18.3. The first kappa shape index (κ1) is 21.6. The van der Waals surface area contributed by atoms with E-state index in [-0.39, 0.29) is 12.6 Å². The minimum atomic E-state index is -0.387. The van der Waals surface area contributed by atoms with Crippen LogP contribution in [0.5, 0.6) is 0 Å². The largest absolute Gasteiger partial charge is 0.467 e. The third-order valence-electron chi connectivity index (χ3n) is 2.74. The first-order chi connectivity index (χ1) is 10.8. The maximum Gasteiger partial charge on any atom is 0.331 e. The summed E-state index contributed by atoms with van der Waals surface area (Å²) < 4.78 is 25.5. The predicted molar refractivity (Wildman–Crippen MR) is 84.5 cm³/mol. The van der Waals surface area contributed by atoms with Crippen LogP contribution >= 0.6 is 11.6 Å². The van der Waals surface area contributed by atoms with Crippen molar-refractivity contribution in [3.63, 3.8) is 0 Å². The quantitative estimate of drug-likeness (QED) is 0.229. The van der Waals surface area contributed by atoms with E-state index >= 15 is 0 Å². The number of carbonyl (C=O) groups is 1. The molecule has 0 aromatic carbocycles. The molecule has 0 N–H and O–H groups in total. The molecule has 0 rings (SSSR count). The van der Waals surface area contributed by atoms with Gasteiger partial charge in [-0.1, -0.05) is 12.8 Å². The summed E-state index contributed by atoms with van der Waals surface area (Å²) in [5.41, 5.74) is 0. The average Bonchev–Trinajstić information content (AvgIpc) is 2.54. The Morgan fingerprint density at radius 2 is 1.23 bits per heavy atom. The lowest BCUT2D eigenvalue weighted by Gasteiger charge is -2.07. The number of hydrogen-bond donors (Lipinski definition) is 0. The average molecular weight is 341 g/mol.